The molecule has 0 aliphatic carbocycles. The second kappa shape index (κ2) is 19.1. The first-order chi connectivity index (χ1) is 18.3. The van der Waals surface area contributed by atoms with Crippen LogP contribution in [0.1, 0.15) is 75.3 Å². The highest BCUT2D eigenvalue weighted by Gasteiger charge is 2.20. The van der Waals surface area contributed by atoms with E-state index in [1.165, 1.54) is 13.3 Å². The van der Waals surface area contributed by atoms with E-state index in [4.69, 9.17) is 0 Å². The zero-order valence-corrected chi connectivity index (χ0v) is 24.4. The minimum atomic E-state index is -0.975. The summed E-state index contributed by atoms with van der Waals surface area (Å²) in [6.45, 7) is 14.9. The summed E-state index contributed by atoms with van der Waals surface area (Å²) in [5, 5.41) is 16.2. The molecule has 39 heavy (non-hydrogen) atoms. The number of ketones is 1. The number of amides is 4. The molecule has 0 aliphatic heterocycles. The van der Waals surface area contributed by atoms with Crippen molar-refractivity contribution < 1.29 is 24.0 Å². The first-order valence-corrected chi connectivity index (χ1v) is 13.1. The first kappa shape index (κ1) is 35.0. The highest BCUT2D eigenvalue weighted by Crippen LogP contribution is 2.08. The van der Waals surface area contributed by atoms with Crippen molar-refractivity contribution in [2.24, 2.45) is 5.92 Å². The van der Waals surface area contributed by atoms with Crippen LogP contribution < -0.4 is 21.3 Å². The van der Waals surface area contributed by atoms with Gasteiger partial charge in [0.2, 0.25) is 17.6 Å². The van der Waals surface area contributed by atoms with Crippen LogP contribution in [-0.2, 0) is 25.7 Å². The van der Waals surface area contributed by atoms with E-state index >= 15 is 0 Å². The average Bonchev–Trinajstić information content (AvgIpc) is 3.22. The summed E-state index contributed by atoms with van der Waals surface area (Å²) in [5.74, 6) is -2.50. The summed E-state index contributed by atoms with van der Waals surface area (Å²) < 4.78 is 0. The Morgan fingerprint density at radius 1 is 0.872 bits per heavy atom. The van der Waals surface area contributed by atoms with Gasteiger partial charge in [0.25, 0.3) is 11.8 Å². The summed E-state index contributed by atoms with van der Waals surface area (Å²) in [6.07, 6.45) is 1.25. The molecule has 1 atom stereocenters. The predicted octanol–water partition coefficient (Wildman–Crippen LogP) is 2.34. The van der Waals surface area contributed by atoms with Gasteiger partial charge < -0.3 is 21.3 Å². The summed E-state index contributed by atoms with van der Waals surface area (Å²) in [6, 6.07) is 8.08. The van der Waals surface area contributed by atoms with Gasteiger partial charge in [0.05, 0.1) is 24.3 Å². The maximum atomic E-state index is 12.2. The number of aromatic amines is 1. The highest BCUT2D eigenvalue weighted by atomic mass is 16.2. The molecule has 1 aromatic carbocycles. The molecule has 11 heteroatoms. The van der Waals surface area contributed by atoms with Gasteiger partial charge in [0.1, 0.15) is 6.04 Å². The van der Waals surface area contributed by atoms with Crippen LogP contribution in [0.25, 0.3) is 0 Å². The van der Waals surface area contributed by atoms with Crippen molar-refractivity contribution in [2.75, 3.05) is 13.1 Å². The average molecular weight is 545 g/mol. The van der Waals surface area contributed by atoms with Gasteiger partial charge in [-0.2, -0.15) is 5.10 Å². The third-order valence-corrected chi connectivity index (χ3v) is 4.51. The van der Waals surface area contributed by atoms with Crippen LogP contribution in [0, 0.1) is 19.8 Å². The number of rotatable bonds is 10. The zero-order valence-electron chi connectivity index (χ0n) is 24.4. The minimum Gasteiger partial charge on any atom is -0.347 e. The number of nitrogens with zero attached hydrogens (tertiary/aromatic N) is 1. The Hall–Kier alpha value is -4.02. The van der Waals surface area contributed by atoms with Crippen LogP contribution in [0.5, 0.6) is 0 Å². The minimum absolute atomic E-state index is 0.190. The molecule has 5 N–H and O–H groups in total. The SMILES string of the molecule is CC(C)C.CCC.Cc1n[nH]c(C)c1C(=O)NCC(=O)N[C@@H](C)C(=O)NCC(=O)C(=O)NCc1ccccc1. The Labute approximate surface area is 231 Å². The van der Waals surface area contributed by atoms with Crippen molar-refractivity contribution in [2.45, 2.75) is 74.4 Å². The number of benzene rings is 1. The number of nitrogens with one attached hydrogen (secondary N) is 5. The second-order valence-corrected chi connectivity index (χ2v) is 9.53. The molecule has 0 fully saturated rings. The number of carbonyl (C=O) groups excluding carboxylic acids is 5. The number of Topliss-reactive ketones (excluding diaryl/α,β-unsaturated/α-hetero) is 1. The molecule has 4 amide bonds. The molecule has 2 aromatic rings. The van der Waals surface area contributed by atoms with Crippen LogP contribution >= 0.6 is 0 Å². The van der Waals surface area contributed by atoms with Crippen molar-refractivity contribution in [3.05, 3.63) is 52.8 Å². The van der Waals surface area contributed by atoms with Gasteiger partial charge in [-0.25, -0.2) is 0 Å². The fourth-order valence-electron chi connectivity index (χ4n) is 2.77. The zero-order chi connectivity index (χ0) is 30.0. The van der Waals surface area contributed by atoms with Crippen molar-refractivity contribution in [1.82, 2.24) is 31.5 Å². The second-order valence-electron chi connectivity index (χ2n) is 9.53. The molecule has 1 aromatic heterocycles. The lowest BCUT2D eigenvalue weighted by Gasteiger charge is -2.14. The molecule has 0 spiro atoms. The third-order valence-electron chi connectivity index (χ3n) is 4.51. The van der Waals surface area contributed by atoms with Crippen LogP contribution in [0.15, 0.2) is 30.3 Å². The smallest absolute Gasteiger partial charge is 0.289 e. The Morgan fingerprint density at radius 3 is 1.95 bits per heavy atom. The van der Waals surface area contributed by atoms with Gasteiger partial charge in [0.15, 0.2) is 0 Å². The maximum absolute atomic E-state index is 12.2. The number of aryl methyl sites for hydroxylation is 2. The van der Waals surface area contributed by atoms with Gasteiger partial charge in [-0.1, -0.05) is 71.4 Å². The lowest BCUT2D eigenvalue weighted by atomic mass is 10.2. The first-order valence-electron chi connectivity index (χ1n) is 13.1. The van der Waals surface area contributed by atoms with Gasteiger partial charge >= 0.3 is 0 Å². The molecule has 2 rings (SSSR count). The standard InChI is InChI=1S/C21H26N6O5.C4H10.C3H8/c1-12-18(13(2)27-26-12)21(32)24-11-17(29)25-14(3)19(30)23-10-16(28)20(31)22-9-15-7-5-4-6-8-15;1-4(2)3;1-3-2/h4-8,14H,9-11H2,1-3H3,(H,22,31)(H,23,30)(H,24,32)(H,25,29)(H,26,27);4H,1-3H3;3H2,1-2H3/t14-;;/m0../s1. The molecule has 0 saturated carbocycles. The molecule has 0 aliphatic rings. The summed E-state index contributed by atoms with van der Waals surface area (Å²) in [5.41, 5.74) is 2.27. The maximum Gasteiger partial charge on any atom is 0.289 e. The molecule has 0 bridgehead atoms. The topological polar surface area (TPSA) is 162 Å². The Morgan fingerprint density at radius 2 is 1.44 bits per heavy atom. The molecular weight excluding hydrogens is 500 g/mol. The van der Waals surface area contributed by atoms with Gasteiger partial charge in [-0.05, 0) is 32.3 Å². The van der Waals surface area contributed by atoms with Crippen LogP contribution in [0.4, 0.5) is 0 Å². The Balaban J connectivity index is 0.00000185. The number of aromatic nitrogens is 2. The highest BCUT2D eigenvalue weighted by molar-refractivity contribution is 6.37. The quantitative estimate of drug-likeness (QED) is 0.288. The van der Waals surface area contributed by atoms with Crippen LogP contribution in [0.2, 0.25) is 0 Å². The van der Waals surface area contributed by atoms with E-state index in [2.05, 4.69) is 66.1 Å². The summed E-state index contributed by atoms with van der Waals surface area (Å²) in [7, 11) is 0. The van der Waals surface area contributed by atoms with E-state index in [9.17, 15) is 24.0 Å². The van der Waals surface area contributed by atoms with E-state index < -0.39 is 42.0 Å². The Kier molecular flexibility index (Phi) is 17.1. The van der Waals surface area contributed by atoms with Crippen LogP contribution in [-0.4, -0.2) is 58.7 Å². The fourth-order valence-corrected chi connectivity index (χ4v) is 2.77. The predicted molar refractivity (Wildman–Crippen MR) is 151 cm³/mol. The summed E-state index contributed by atoms with van der Waals surface area (Å²) >= 11 is 0. The van der Waals surface area contributed by atoms with E-state index in [0.29, 0.717) is 17.0 Å². The molecule has 0 radical (unpaired) electrons. The Bertz CT molecular complexity index is 1040. The molecule has 0 saturated heterocycles. The third kappa shape index (κ3) is 15.1. The fraction of sp³-hybridized carbons (Fsp3) is 0.500. The van der Waals surface area contributed by atoms with Crippen LogP contribution in [0.3, 0.4) is 0 Å². The number of hydrogen-bond acceptors (Lipinski definition) is 6. The van der Waals surface area contributed by atoms with Gasteiger partial charge in [-0.15, -0.1) is 0 Å². The van der Waals surface area contributed by atoms with E-state index in [0.717, 1.165) is 11.5 Å². The number of carbonyl (C=O) groups is 5. The van der Waals surface area contributed by atoms with E-state index in [1.807, 2.05) is 18.2 Å². The summed E-state index contributed by atoms with van der Waals surface area (Å²) in [4.78, 5) is 60.0. The molecular formula is C28H44N6O5. The largest absolute Gasteiger partial charge is 0.347 e. The van der Waals surface area contributed by atoms with E-state index in [1.54, 1.807) is 26.0 Å². The van der Waals surface area contributed by atoms with Crippen molar-refractivity contribution in [3.8, 4) is 0 Å². The van der Waals surface area contributed by atoms with Crippen molar-refractivity contribution in [1.29, 1.82) is 0 Å². The lowest BCUT2D eigenvalue weighted by Crippen LogP contribution is -2.49. The normalized spacial score (nSPS) is 10.6. The van der Waals surface area contributed by atoms with Crippen molar-refractivity contribution in [3.63, 3.8) is 0 Å². The number of H-pyrrole nitrogens is 1. The molecule has 1 heterocycles. The van der Waals surface area contributed by atoms with Gasteiger partial charge in [-0.3, -0.25) is 29.1 Å². The van der Waals surface area contributed by atoms with Gasteiger partial charge in [0, 0.05) is 12.2 Å². The van der Waals surface area contributed by atoms with Crippen molar-refractivity contribution >= 4 is 29.4 Å². The van der Waals surface area contributed by atoms with E-state index in [-0.39, 0.29) is 13.1 Å². The lowest BCUT2D eigenvalue weighted by molar-refractivity contribution is -0.138. The monoisotopic (exact) mass is 544 g/mol. The molecule has 11 nitrogen and oxygen atoms in total. The number of hydrogen-bond donors (Lipinski definition) is 5. The molecule has 216 valence electrons. The molecule has 0 unspecified atom stereocenters.